The van der Waals surface area contributed by atoms with Crippen molar-refractivity contribution in [1.82, 2.24) is 14.5 Å². The monoisotopic (exact) mass is 379 g/mol. The lowest BCUT2D eigenvalue weighted by molar-refractivity contribution is 0.669. The van der Waals surface area contributed by atoms with Crippen LogP contribution in [0.3, 0.4) is 0 Å². The first-order chi connectivity index (χ1) is 13.3. The highest BCUT2D eigenvalue weighted by Crippen LogP contribution is 2.28. The largest absolute Gasteiger partial charge is 0.365 e. The van der Waals surface area contributed by atoms with Crippen molar-refractivity contribution in [3.63, 3.8) is 0 Å². The van der Waals surface area contributed by atoms with Gasteiger partial charge in [-0.3, -0.25) is 0 Å². The van der Waals surface area contributed by atoms with Gasteiger partial charge in [-0.05, 0) is 85.8 Å². The lowest BCUT2D eigenvalue weighted by atomic mass is 9.94. The van der Waals surface area contributed by atoms with Crippen molar-refractivity contribution in [2.24, 2.45) is 7.05 Å². The predicted molar refractivity (Wildman–Crippen MR) is 119 cm³/mol. The lowest BCUT2D eigenvalue weighted by Crippen LogP contribution is -2.03. The summed E-state index contributed by atoms with van der Waals surface area (Å²) in [6, 6.07) is 7.00. The molecule has 3 rings (SSSR count). The van der Waals surface area contributed by atoms with Gasteiger partial charge in [0, 0.05) is 42.2 Å². The Balaban J connectivity index is 1.62. The van der Waals surface area contributed by atoms with Gasteiger partial charge in [0.2, 0.25) is 0 Å². The number of nitrogens with zero attached hydrogens (tertiary/aromatic N) is 1. The fourth-order valence-corrected chi connectivity index (χ4v) is 4.42. The van der Waals surface area contributed by atoms with Crippen LogP contribution < -0.4 is 0 Å². The molecule has 0 saturated heterocycles. The standard InChI is InChI=1S/C25H37N3/c1-16(2)25-14-23(28(7)20(25)6)12-18(4)21-13-22(27-15-21)9-8-17(3)24-10-11-26-19(24)5/h10-11,13-18,26-27H,8-9,12H2,1-7H3. The number of hydrogen-bond donors (Lipinski definition) is 2. The van der Waals surface area contributed by atoms with Crippen molar-refractivity contribution < 1.29 is 0 Å². The van der Waals surface area contributed by atoms with Crippen LogP contribution in [0, 0.1) is 13.8 Å². The summed E-state index contributed by atoms with van der Waals surface area (Å²) >= 11 is 0. The van der Waals surface area contributed by atoms with Crippen LogP contribution in [0.5, 0.6) is 0 Å². The smallest absolute Gasteiger partial charge is 0.0183 e. The van der Waals surface area contributed by atoms with Gasteiger partial charge in [0.1, 0.15) is 0 Å². The Bertz CT molecular complexity index is 906. The molecule has 3 aromatic heterocycles. The Kier molecular flexibility index (Phi) is 6.22. The van der Waals surface area contributed by atoms with Crippen LogP contribution in [0.25, 0.3) is 0 Å². The van der Waals surface area contributed by atoms with Crippen LogP contribution in [0.4, 0.5) is 0 Å². The predicted octanol–water partition coefficient (Wildman–Crippen LogP) is 6.50. The molecule has 0 fully saturated rings. The number of aromatic nitrogens is 3. The van der Waals surface area contributed by atoms with E-state index in [4.69, 9.17) is 0 Å². The van der Waals surface area contributed by atoms with Crippen LogP contribution in [0.2, 0.25) is 0 Å². The zero-order valence-corrected chi connectivity index (χ0v) is 18.7. The molecular formula is C25H37N3. The Morgan fingerprint density at radius 1 is 0.964 bits per heavy atom. The molecule has 28 heavy (non-hydrogen) atoms. The molecule has 3 aromatic rings. The van der Waals surface area contributed by atoms with Crippen LogP contribution >= 0.6 is 0 Å². The fraction of sp³-hybridized carbons (Fsp3) is 0.520. The number of aromatic amines is 2. The van der Waals surface area contributed by atoms with E-state index >= 15 is 0 Å². The number of rotatable bonds is 8. The van der Waals surface area contributed by atoms with E-state index in [1.54, 1.807) is 0 Å². The number of hydrogen-bond acceptors (Lipinski definition) is 0. The minimum atomic E-state index is 0.516. The highest BCUT2D eigenvalue weighted by Gasteiger charge is 2.16. The molecular weight excluding hydrogens is 342 g/mol. The van der Waals surface area contributed by atoms with E-state index in [9.17, 15) is 0 Å². The average Bonchev–Trinajstić information content (AvgIpc) is 3.35. The van der Waals surface area contributed by atoms with Gasteiger partial charge >= 0.3 is 0 Å². The van der Waals surface area contributed by atoms with Gasteiger partial charge in [0.25, 0.3) is 0 Å². The van der Waals surface area contributed by atoms with Crippen molar-refractivity contribution >= 4 is 0 Å². The summed E-state index contributed by atoms with van der Waals surface area (Å²) < 4.78 is 2.38. The highest BCUT2D eigenvalue weighted by atomic mass is 15.0. The van der Waals surface area contributed by atoms with Gasteiger partial charge in [-0.15, -0.1) is 0 Å². The second-order valence-electron chi connectivity index (χ2n) is 8.95. The summed E-state index contributed by atoms with van der Waals surface area (Å²) in [6.07, 6.45) is 7.61. The second kappa shape index (κ2) is 8.46. The van der Waals surface area contributed by atoms with Gasteiger partial charge in [0.15, 0.2) is 0 Å². The maximum atomic E-state index is 3.52. The van der Waals surface area contributed by atoms with Crippen molar-refractivity contribution in [3.05, 3.63) is 70.1 Å². The molecule has 3 heterocycles. The van der Waals surface area contributed by atoms with Crippen molar-refractivity contribution in [3.8, 4) is 0 Å². The van der Waals surface area contributed by atoms with E-state index in [-0.39, 0.29) is 0 Å². The van der Waals surface area contributed by atoms with Gasteiger partial charge < -0.3 is 14.5 Å². The quantitative estimate of drug-likeness (QED) is 0.448. The van der Waals surface area contributed by atoms with Crippen molar-refractivity contribution in [1.29, 1.82) is 0 Å². The van der Waals surface area contributed by atoms with Gasteiger partial charge in [0.05, 0.1) is 0 Å². The molecule has 2 unspecified atom stereocenters. The summed E-state index contributed by atoms with van der Waals surface area (Å²) in [5, 5.41) is 0. The molecule has 0 radical (unpaired) electrons. The van der Waals surface area contributed by atoms with Gasteiger partial charge in [-0.2, -0.15) is 0 Å². The van der Waals surface area contributed by atoms with Gasteiger partial charge in [-0.1, -0.05) is 27.7 Å². The Labute approximate surface area is 170 Å². The summed E-state index contributed by atoms with van der Waals surface area (Å²) in [5.74, 6) is 1.68. The third kappa shape index (κ3) is 4.29. The maximum Gasteiger partial charge on any atom is 0.0183 e. The summed E-state index contributed by atoms with van der Waals surface area (Å²) in [5.41, 5.74) is 9.84. The molecule has 2 atom stereocenters. The first kappa shape index (κ1) is 20.6. The molecule has 0 bridgehead atoms. The normalized spacial score (nSPS) is 14.0. The van der Waals surface area contributed by atoms with Crippen LogP contribution in [0.1, 0.15) is 91.3 Å². The first-order valence-electron chi connectivity index (χ1n) is 10.7. The van der Waals surface area contributed by atoms with Crippen LogP contribution in [-0.4, -0.2) is 14.5 Å². The van der Waals surface area contributed by atoms with E-state index in [0.29, 0.717) is 17.8 Å². The Morgan fingerprint density at radius 2 is 1.71 bits per heavy atom. The van der Waals surface area contributed by atoms with Crippen molar-refractivity contribution in [2.75, 3.05) is 0 Å². The van der Waals surface area contributed by atoms with E-state index in [0.717, 1.165) is 12.8 Å². The maximum absolute atomic E-state index is 3.52. The molecule has 3 nitrogen and oxygen atoms in total. The molecule has 3 heteroatoms. The molecule has 2 N–H and O–H groups in total. The zero-order chi connectivity index (χ0) is 20.4. The SMILES string of the molecule is Cc1[nH]ccc1C(C)CCc1cc(C(C)Cc2cc(C(C)C)c(C)n2C)c[nH]1. The summed E-state index contributed by atoms with van der Waals surface area (Å²) in [7, 11) is 2.20. The molecule has 0 aliphatic rings. The first-order valence-corrected chi connectivity index (χ1v) is 10.7. The van der Waals surface area contributed by atoms with Crippen molar-refractivity contribution in [2.45, 2.75) is 78.6 Å². The molecule has 0 aliphatic carbocycles. The molecule has 0 amide bonds. The Hall–Kier alpha value is -2.16. The number of aryl methyl sites for hydroxylation is 2. The molecule has 0 aromatic carbocycles. The minimum absolute atomic E-state index is 0.516. The topological polar surface area (TPSA) is 36.5 Å². The molecule has 0 saturated carbocycles. The van der Waals surface area contributed by atoms with E-state index in [1.165, 1.54) is 45.9 Å². The minimum Gasteiger partial charge on any atom is -0.365 e. The van der Waals surface area contributed by atoms with Crippen LogP contribution in [0.15, 0.2) is 30.6 Å². The molecule has 0 spiro atoms. The van der Waals surface area contributed by atoms with E-state index < -0.39 is 0 Å². The van der Waals surface area contributed by atoms with Crippen LogP contribution in [-0.2, 0) is 19.9 Å². The van der Waals surface area contributed by atoms with Gasteiger partial charge in [-0.25, -0.2) is 0 Å². The lowest BCUT2D eigenvalue weighted by Gasteiger charge is -2.12. The fourth-order valence-electron chi connectivity index (χ4n) is 4.42. The number of nitrogens with one attached hydrogen (secondary N) is 2. The highest BCUT2D eigenvalue weighted by molar-refractivity contribution is 5.32. The average molecular weight is 380 g/mol. The third-order valence-corrected chi connectivity index (χ3v) is 6.52. The summed E-state index contributed by atoms with van der Waals surface area (Å²) in [6.45, 7) is 13.6. The van der Waals surface area contributed by atoms with E-state index in [1.807, 2.05) is 6.20 Å². The zero-order valence-electron chi connectivity index (χ0n) is 18.7. The molecule has 0 aliphatic heterocycles. The van der Waals surface area contributed by atoms with E-state index in [2.05, 4.69) is 87.5 Å². The summed E-state index contributed by atoms with van der Waals surface area (Å²) in [4.78, 5) is 6.82. The molecule has 152 valence electrons. The number of H-pyrrole nitrogens is 2. The third-order valence-electron chi connectivity index (χ3n) is 6.52. The second-order valence-corrected chi connectivity index (χ2v) is 8.95. The Morgan fingerprint density at radius 3 is 2.32 bits per heavy atom.